The van der Waals surface area contributed by atoms with Crippen LogP contribution in [0.2, 0.25) is 0 Å². The fourth-order valence-corrected chi connectivity index (χ4v) is 2.00. The number of anilines is 2. The van der Waals surface area contributed by atoms with Gasteiger partial charge in [-0.3, -0.25) is 0 Å². The maximum Gasteiger partial charge on any atom is 0.319 e. The molecule has 0 fully saturated rings. The first-order chi connectivity index (χ1) is 10.5. The van der Waals surface area contributed by atoms with E-state index in [0.29, 0.717) is 5.69 Å². The van der Waals surface area contributed by atoms with E-state index >= 15 is 0 Å². The van der Waals surface area contributed by atoms with Gasteiger partial charge in [0.05, 0.1) is 11.9 Å². The molecule has 0 saturated carbocycles. The molecule has 22 heavy (non-hydrogen) atoms. The van der Waals surface area contributed by atoms with Crippen molar-refractivity contribution in [3.05, 3.63) is 53.7 Å². The lowest BCUT2D eigenvalue weighted by atomic mass is 10.1. The van der Waals surface area contributed by atoms with E-state index in [1.54, 1.807) is 6.20 Å². The quantitative estimate of drug-likeness (QED) is 0.791. The minimum Gasteiger partial charge on any atom is -0.366 e. The van der Waals surface area contributed by atoms with Gasteiger partial charge in [0.2, 0.25) is 0 Å². The summed E-state index contributed by atoms with van der Waals surface area (Å²) in [5.74, 6) is 0.776. The van der Waals surface area contributed by atoms with Crippen LogP contribution in [0, 0.1) is 6.92 Å². The Balaban J connectivity index is 1.89. The van der Waals surface area contributed by atoms with E-state index in [1.165, 1.54) is 11.1 Å². The molecule has 0 spiro atoms. The van der Waals surface area contributed by atoms with Crippen LogP contribution in [0.25, 0.3) is 0 Å². The molecule has 1 aromatic heterocycles. The smallest absolute Gasteiger partial charge is 0.319 e. The van der Waals surface area contributed by atoms with Crippen LogP contribution >= 0.6 is 0 Å². The summed E-state index contributed by atoms with van der Waals surface area (Å²) in [5, 5.41) is 8.78. The van der Waals surface area contributed by atoms with Gasteiger partial charge >= 0.3 is 6.03 Å². The molecule has 2 rings (SSSR count). The molecule has 1 heterocycles. The predicted molar refractivity (Wildman–Crippen MR) is 90.0 cm³/mol. The lowest BCUT2D eigenvalue weighted by Gasteiger charge is -2.11. The summed E-state index contributed by atoms with van der Waals surface area (Å²) >= 11 is 0. The van der Waals surface area contributed by atoms with Crippen molar-refractivity contribution in [1.29, 1.82) is 0 Å². The van der Waals surface area contributed by atoms with Crippen LogP contribution in [0.3, 0.4) is 0 Å². The number of rotatable bonds is 5. The zero-order valence-electron chi connectivity index (χ0n) is 13.2. The fraction of sp³-hybridized carbons (Fsp3) is 0.294. The van der Waals surface area contributed by atoms with Gasteiger partial charge in [-0.05, 0) is 44.0 Å². The van der Waals surface area contributed by atoms with Gasteiger partial charge < -0.3 is 16.0 Å². The summed E-state index contributed by atoms with van der Waals surface area (Å²) in [5.41, 5.74) is 3.15. The van der Waals surface area contributed by atoms with Gasteiger partial charge in [-0.2, -0.15) is 0 Å². The normalized spacial score (nSPS) is 10.4. The van der Waals surface area contributed by atoms with Crippen molar-refractivity contribution in [2.75, 3.05) is 10.6 Å². The molecule has 2 amide bonds. The Morgan fingerprint density at radius 2 is 1.95 bits per heavy atom. The molecule has 5 heteroatoms. The first-order valence-corrected chi connectivity index (χ1v) is 7.36. The van der Waals surface area contributed by atoms with E-state index < -0.39 is 0 Å². The molecule has 3 N–H and O–H groups in total. The van der Waals surface area contributed by atoms with Gasteiger partial charge in [-0.15, -0.1) is 0 Å². The third kappa shape index (κ3) is 4.77. The summed E-state index contributed by atoms with van der Waals surface area (Å²) in [6, 6.07) is 11.8. The Bertz CT molecular complexity index is 623. The number of pyridine rings is 1. The standard InChI is InChI=1S/C17H22N4O/c1-12(2)20-17(22)21-15-8-9-16(19-11-15)18-10-14-7-5-4-6-13(14)3/h4-9,11-12H,10H2,1-3H3,(H,18,19)(H2,20,21,22). The maximum atomic E-state index is 11.6. The fourth-order valence-electron chi connectivity index (χ4n) is 2.00. The van der Waals surface area contributed by atoms with Crippen molar-refractivity contribution in [1.82, 2.24) is 10.3 Å². The largest absolute Gasteiger partial charge is 0.366 e. The molecule has 0 bridgehead atoms. The van der Waals surface area contributed by atoms with Crippen LogP contribution in [-0.4, -0.2) is 17.1 Å². The van der Waals surface area contributed by atoms with E-state index in [-0.39, 0.29) is 12.1 Å². The molecule has 1 aromatic carbocycles. The Morgan fingerprint density at radius 3 is 2.59 bits per heavy atom. The second-order valence-corrected chi connectivity index (χ2v) is 5.47. The number of aromatic nitrogens is 1. The molecule has 0 radical (unpaired) electrons. The van der Waals surface area contributed by atoms with E-state index in [9.17, 15) is 4.79 Å². The summed E-state index contributed by atoms with van der Waals surface area (Å²) in [6.45, 7) is 6.64. The van der Waals surface area contributed by atoms with Crippen molar-refractivity contribution in [2.24, 2.45) is 0 Å². The number of amides is 2. The molecule has 0 atom stereocenters. The summed E-state index contributed by atoms with van der Waals surface area (Å²) in [7, 11) is 0. The molecule has 0 aliphatic rings. The first-order valence-electron chi connectivity index (χ1n) is 7.36. The number of nitrogens with one attached hydrogen (secondary N) is 3. The molecule has 5 nitrogen and oxygen atoms in total. The van der Waals surface area contributed by atoms with Crippen LogP contribution < -0.4 is 16.0 Å². The molecule has 0 aliphatic heterocycles. The van der Waals surface area contributed by atoms with Crippen LogP contribution in [0.15, 0.2) is 42.6 Å². The predicted octanol–water partition coefficient (Wildman–Crippen LogP) is 3.53. The van der Waals surface area contributed by atoms with Crippen molar-refractivity contribution < 1.29 is 4.79 Å². The van der Waals surface area contributed by atoms with Gasteiger partial charge in [-0.1, -0.05) is 24.3 Å². The Hall–Kier alpha value is -2.56. The van der Waals surface area contributed by atoms with Crippen LogP contribution in [0.1, 0.15) is 25.0 Å². The number of carbonyl (C=O) groups excluding carboxylic acids is 1. The van der Waals surface area contributed by atoms with E-state index in [2.05, 4.69) is 40.0 Å². The minimum atomic E-state index is -0.225. The van der Waals surface area contributed by atoms with Crippen molar-refractivity contribution in [3.8, 4) is 0 Å². The molecule has 2 aromatic rings. The van der Waals surface area contributed by atoms with Gasteiger partial charge in [0.25, 0.3) is 0 Å². The summed E-state index contributed by atoms with van der Waals surface area (Å²) in [6.07, 6.45) is 1.64. The first kappa shape index (κ1) is 15.8. The SMILES string of the molecule is Cc1ccccc1CNc1ccc(NC(=O)NC(C)C)cn1. The topological polar surface area (TPSA) is 66.0 Å². The van der Waals surface area contributed by atoms with Gasteiger partial charge in [0, 0.05) is 12.6 Å². The molecular weight excluding hydrogens is 276 g/mol. The molecular formula is C17H22N4O. The number of carbonyl (C=O) groups is 1. The Morgan fingerprint density at radius 1 is 1.18 bits per heavy atom. The van der Waals surface area contributed by atoms with Crippen molar-refractivity contribution in [2.45, 2.75) is 33.4 Å². The maximum absolute atomic E-state index is 11.6. The number of benzene rings is 1. The van der Waals surface area contributed by atoms with E-state index in [0.717, 1.165) is 12.4 Å². The van der Waals surface area contributed by atoms with Crippen molar-refractivity contribution in [3.63, 3.8) is 0 Å². The summed E-state index contributed by atoms with van der Waals surface area (Å²) in [4.78, 5) is 15.9. The van der Waals surface area contributed by atoms with E-state index in [4.69, 9.17) is 0 Å². The van der Waals surface area contributed by atoms with Gasteiger partial charge in [0.1, 0.15) is 5.82 Å². The van der Waals surface area contributed by atoms with Crippen molar-refractivity contribution >= 4 is 17.5 Å². The number of hydrogen-bond acceptors (Lipinski definition) is 3. The molecule has 0 unspecified atom stereocenters. The van der Waals surface area contributed by atoms with Gasteiger partial charge in [-0.25, -0.2) is 9.78 Å². The monoisotopic (exact) mass is 298 g/mol. The average molecular weight is 298 g/mol. The lowest BCUT2D eigenvalue weighted by molar-refractivity contribution is 0.250. The number of aryl methyl sites for hydroxylation is 1. The number of nitrogens with zero attached hydrogens (tertiary/aromatic N) is 1. The third-order valence-corrected chi connectivity index (χ3v) is 3.16. The van der Waals surface area contributed by atoms with Crippen LogP contribution in [0.5, 0.6) is 0 Å². The van der Waals surface area contributed by atoms with Crippen LogP contribution in [0.4, 0.5) is 16.3 Å². The van der Waals surface area contributed by atoms with Crippen LogP contribution in [-0.2, 0) is 6.54 Å². The highest BCUT2D eigenvalue weighted by Gasteiger charge is 2.04. The highest BCUT2D eigenvalue weighted by atomic mass is 16.2. The Kier molecular flexibility index (Phi) is 5.36. The highest BCUT2D eigenvalue weighted by Crippen LogP contribution is 2.12. The second kappa shape index (κ2) is 7.45. The number of urea groups is 1. The average Bonchev–Trinajstić information content (AvgIpc) is 2.47. The third-order valence-electron chi connectivity index (χ3n) is 3.16. The summed E-state index contributed by atoms with van der Waals surface area (Å²) < 4.78 is 0. The van der Waals surface area contributed by atoms with Gasteiger partial charge in [0.15, 0.2) is 0 Å². The molecule has 116 valence electrons. The zero-order valence-corrected chi connectivity index (χ0v) is 13.2. The minimum absolute atomic E-state index is 0.100. The Labute approximate surface area is 131 Å². The number of hydrogen-bond donors (Lipinski definition) is 3. The lowest BCUT2D eigenvalue weighted by Crippen LogP contribution is -2.34. The zero-order chi connectivity index (χ0) is 15.9. The highest BCUT2D eigenvalue weighted by molar-refractivity contribution is 5.89. The second-order valence-electron chi connectivity index (χ2n) is 5.47. The molecule has 0 aliphatic carbocycles. The van der Waals surface area contributed by atoms with E-state index in [1.807, 2.05) is 38.1 Å². The molecule has 0 saturated heterocycles.